The van der Waals surface area contributed by atoms with Crippen molar-refractivity contribution in [3.63, 3.8) is 0 Å². The first-order chi connectivity index (χ1) is 9.65. The van der Waals surface area contributed by atoms with Crippen molar-refractivity contribution in [2.75, 3.05) is 0 Å². The van der Waals surface area contributed by atoms with Gasteiger partial charge in [0, 0.05) is 23.2 Å². The van der Waals surface area contributed by atoms with E-state index in [9.17, 15) is 10.1 Å². The number of hydrogen-bond donors (Lipinski definition) is 1. The first kappa shape index (κ1) is 14.6. The van der Waals surface area contributed by atoms with Crippen LogP contribution >= 0.6 is 15.9 Å². The van der Waals surface area contributed by atoms with Crippen LogP contribution in [0.3, 0.4) is 0 Å². The Morgan fingerprint density at radius 1 is 1.15 bits per heavy atom. The van der Waals surface area contributed by atoms with Crippen LogP contribution in [-0.2, 0) is 18.0 Å². The van der Waals surface area contributed by atoms with Crippen molar-refractivity contribution >= 4 is 21.6 Å². The quantitative estimate of drug-likeness (QED) is 0.497. The van der Waals surface area contributed by atoms with E-state index in [-0.39, 0.29) is 5.69 Å². The summed E-state index contributed by atoms with van der Waals surface area (Å²) in [7, 11) is 0. The second-order valence-corrected chi connectivity index (χ2v) is 5.09. The number of non-ortho nitro benzene ring substituents is 1. The van der Waals surface area contributed by atoms with E-state index >= 15 is 0 Å². The number of nitro groups is 1. The zero-order valence-electron chi connectivity index (χ0n) is 10.6. The van der Waals surface area contributed by atoms with Gasteiger partial charge in [0.15, 0.2) is 0 Å². The van der Waals surface area contributed by atoms with Gasteiger partial charge < -0.3 is 0 Å². The molecular formula is C14H13BrN2O3. The summed E-state index contributed by atoms with van der Waals surface area (Å²) < 4.78 is 0.673. The molecule has 0 saturated heterocycles. The molecule has 0 radical (unpaired) electrons. The van der Waals surface area contributed by atoms with Crippen LogP contribution in [0.15, 0.2) is 53.0 Å². The molecule has 0 aliphatic heterocycles. The number of nitro benzene ring substituents is 1. The molecule has 6 heteroatoms. The van der Waals surface area contributed by atoms with Crippen molar-refractivity contribution in [3.8, 4) is 0 Å². The summed E-state index contributed by atoms with van der Waals surface area (Å²) in [6, 6.07) is 14.5. The normalized spacial score (nSPS) is 10.4. The van der Waals surface area contributed by atoms with E-state index in [1.165, 1.54) is 12.1 Å². The van der Waals surface area contributed by atoms with Crippen LogP contribution in [0, 0.1) is 10.1 Å². The van der Waals surface area contributed by atoms with Gasteiger partial charge in [0.1, 0.15) is 0 Å². The summed E-state index contributed by atoms with van der Waals surface area (Å²) in [4.78, 5) is 15.7. The topological polar surface area (TPSA) is 64.4 Å². The third-order valence-electron chi connectivity index (χ3n) is 2.61. The molecule has 0 atom stereocenters. The zero-order valence-corrected chi connectivity index (χ0v) is 12.2. The van der Waals surface area contributed by atoms with E-state index < -0.39 is 4.92 Å². The van der Waals surface area contributed by atoms with Crippen molar-refractivity contribution in [2.24, 2.45) is 0 Å². The molecule has 2 rings (SSSR count). The van der Waals surface area contributed by atoms with Gasteiger partial charge in [0.2, 0.25) is 0 Å². The highest BCUT2D eigenvalue weighted by molar-refractivity contribution is 9.10. The number of halogens is 1. The highest BCUT2D eigenvalue weighted by Crippen LogP contribution is 2.21. The van der Waals surface area contributed by atoms with Gasteiger partial charge in [-0.25, -0.2) is 0 Å². The van der Waals surface area contributed by atoms with Gasteiger partial charge in [-0.15, -0.1) is 0 Å². The minimum Gasteiger partial charge on any atom is -0.297 e. The van der Waals surface area contributed by atoms with Gasteiger partial charge >= 0.3 is 0 Å². The van der Waals surface area contributed by atoms with Gasteiger partial charge in [-0.1, -0.05) is 46.3 Å². The van der Waals surface area contributed by atoms with Crippen LogP contribution in [0.1, 0.15) is 11.1 Å². The fourth-order valence-electron chi connectivity index (χ4n) is 1.68. The van der Waals surface area contributed by atoms with E-state index in [2.05, 4.69) is 21.4 Å². The van der Waals surface area contributed by atoms with E-state index in [0.717, 1.165) is 11.1 Å². The van der Waals surface area contributed by atoms with E-state index in [4.69, 9.17) is 4.84 Å². The second kappa shape index (κ2) is 7.14. The molecule has 104 valence electrons. The lowest BCUT2D eigenvalue weighted by atomic mass is 10.2. The summed E-state index contributed by atoms with van der Waals surface area (Å²) in [6.45, 7) is 0.837. The van der Waals surface area contributed by atoms with Gasteiger partial charge in [-0.05, 0) is 17.2 Å². The minimum absolute atomic E-state index is 0.0548. The lowest BCUT2D eigenvalue weighted by Gasteiger charge is -2.06. The van der Waals surface area contributed by atoms with Crippen LogP contribution in [0.5, 0.6) is 0 Å². The van der Waals surface area contributed by atoms with E-state index in [1.807, 2.05) is 36.4 Å². The summed E-state index contributed by atoms with van der Waals surface area (Å²) >= 11 is 3.25. The lowest BCUT2D eigenvalue weighted by molar-refractivity contribution is -0.385. The van der Waals surface area contributed by atoms with Crippen molar-refractivity contribution in [2.45, 2.75) is 13.2 Å². The summed E-state index contributed by atoms with van der Waals surface area (Å²) in [5.41, 5.74) is 4.69. The van der Waals surface area contributed by atoms with E-state index in [0.29, 0.717) is 17.6 Å². The molecule has 0 amide bonds. The Hall–Kier alpha value is -1.76. The van der Waals surface area contributed by atoms with Crippen LogP contribution in [0.2, 0.25) is 0 Å². The largest absolute Gasteiger partial charge is 0.297 e. The molecule has 2 aromatic carbocycles. The number of hydroxylamine groups is 1. The number of hydrogen-bond acceptors (Lipinski definition) is 4. The molecule has 20 heavy (non-hydrogen) atoms. The van der Waals surface area contributed by atoms with E-state index in [1.54, 1.807) is 0 Å². The molecule has 0 aliphatic carbocycles. The maximum atomic E-state index is 10.8. The molecular weight excluding hydrogens is 324 g/mol. The van der Waals surface area contributed by atoms with Gasteiger partial charge in [-0.3, -0.25) is 15.0 Å². The van der Waals surface area contributed by atoms with Crippen molar-refractivity contribution in [3.05, 3.63) is 74.2 Å². The lowest BCUT2D eigenvalue weighted by Crippen LogP contribution is -2.14. The Kier molecular flexibility index (Phi) is 5.23. The van der Waals surface area contributed by atoms with Crippen molar-refractivity contribution in [1.29, 1.82) is 0 Å². The first-order valence-electron chi connectivity index (χ1n) is 5.97. The Morgan fingerprint density at radius 3 is 2.60 bits per heavy atom. The molecule has 0 aromatic heterocycles. The standard InChI is InChI=1S/C14H13BrN2O3/c15-13-6-12(7-14(8-13)17(18)19)9-16-20-10-11-4-2-1-3-5-11/h1-8,16H,9-10H2. The molecule has 2 aromatic rings. The fourth-order valence-corrected chi connectivity index (χ4v) is 2.21. The second-order valence-electron chi connectivity index (χ2n) is 4.17. The van der Waals surface area contributed by atoms with Crippen LogP contribution in [0.25, 0.3) is 0 Å². The van der Waals surface area contributed by atoms with Crippen LogP contribution in [0.4, 0.5) is 5.69 Å². The maximum Gasteiger partial charge on any atom is 0.270 e. The monoisotopic (exact) mass is 336 g/mol. The SMILES string of the molecule is O=[N+]([O-])c1cc(Br)cc(CNOCc2ccccc2)c1. The summed E-state index contributed by atoms with van der Waals surface area (Å²) in [6.07, 6.45) is 0. The molecule has 0 spiro atoms. The molecule has 0 fully saturated rings. The Morgan fingerprint density at radius 2 is 1.90 bits per heavy atom. The zero-order chi connectivity index (χ0) is 14.4. The number of nitrogens with zero attached hydrogens (tertiary/aromatic N) is 1. The van der Waals surface area contributed by atoms with Gasteiger partial charge in [0.05, 0.1) is 11.5 Å². The van der Waals surface area contributed by atoms with Crippen molar-refractivity contribution in [1.82, 2.24) is 5.48 Å². The molecule has 0 bridgehead atoms. The highest BCUT2D eigenvalue weighted by Gasteiger charge is 2.08. The molecule has 1 N–H and O–H groups in total. The maximum absolute atomic E-state index is 10.8. The Bertz CT molecular complexity index is 590. The third-order valence-corrected chi connectivity index (χ3v) is 3.07. The third kappa shape index (κ3) is 4.41. The summed E-state index contributed by atoms with van der Waals surface area (Å²) in [5, 5.41) is 10.8. The van der Waals surface area contributed by atoms with Crippen LogP contribution < -0.4 is 5.48 Å². The van der Waals surface area contributed by atoms with Crippen LogP contribution in [-0.4, -0.2) is 4.92 Å². The predicted octanol–water partition coefficient (Wildman–Crippen LogP) is 3.58. The van der Waals surface area contributed by atoms with Gasteiger partial charge in [-0.2, -0.15) is 5.48 Å². The molecule has 5 nitrogen and oxygen atoms in total. The fraction of sp³-hybridized carbons (Fsp3) is 0.143. The first-order valence-corrected chi connectivity index (χ1v) is 6.77. The molecule has 0 heterocycles. The predicted molar refractivity (Wildman–Crippen MR) is 78.9 cm³/mol. The Labute approximate surface area is 124 Å². The molecule has 0 saturated carbocycles. The average molecular weight is 337 g/mol. The van der Waals surface area contributed by atoms with Crippen molar-refractivity contribution < 1.29 is 9.76 Å². The average Bonchev–Trinajstić information content (AvgIpc) is 2.44. The highest BCUT2D eigenvalue weighted by atomic mass is 79.9. The molecule has 0 aliphatic rings. The number of rotatable bonds is 6. The summed E-state index contributed by atoms with van der Waals surface area (Å²) in [5.74, 6) is 0. The smallest absolute Gasteiger partial charge is 0.270 e. The Balaban J connectivity index is 1.86. The minimum atomic E-state index is -0.418. The van der Waals surface area contributed by atoms with Gasteiger partial charge in [0.25, 0.3) is 5.69 Å². The molecule has 0 unspecified atom stereocenters. The number of nitrogens with one attached hydrogen (secondary N) is 1. The number of benzene rings is 2.